The van der Waals surface area contributed by atoms with Crippen molar-refractivity contribution in [2.24, 2.45) is 0 Å². The third-order valence-corrected chi connectivity index (χ3v) is 3.94. The maximum atomic E-state index is 12.1. The summed E-state index contributed by atoms with van der Waals surface area (Å²) in [6.45, 7) is 1.73. The quantitative estimate of drug-likeness (QED) is 0.743. The van der Waals surface area contributed by atoms with Gasteiger partial charge in [-0.15, -0.1) is 0 Å². The van der Waals surface area contributed by atoms with Crippen LogP contribution in [0.4, 0.5) is 0 Å². The fourth-order valence-corrected chi connectivity index (χ4v) is 3.01. The molecule has 1 amide bonds. The van der Waals surface area contributed by atoms with E-state index in [1.54, 1.807) is 4.90 Å². The number of hydrogen-bond donors (Lipinski definition) is 1. The van der Waals surface area contributed by atoms with Crippen LogP contribution in [0, 0.1) is 0 Å². The van der Waals surface area contributed by atoms with Gasteiger partial charge in [0.2, 0.25) is 5.91 Å². The minimum absolute atomic E-state index is 0.0420. The Morgan fingerprint density at radius 2 is 1.94 bits per heavy atom. The van der Waals surface area contributed by atoms with Crippen molar-refractivity contribution in [3.05, 3.63) is 0 Å². The fourth-order valence-electron chi connectivity index (χ4n) is 3.01. The van der Waals surface area contributed by atoms with E-state index >= 15 is 0 Å². The average Bonchev–Trinajstić information content (AvgIpc) is 2.76. The van der Waals surface area contributed by atoms with Crippen molar-refractivity contribution in [2.45, 2.75) is 44.2 Å². The highest BCUT2D eigenvalue weighted by molar-refractivity contribution is 5.82. The zero-order valence-electron chi connectivity index (χ0n) is 10.1. The van der Waals surface area contributed by atoms with E-state index in [1.807, 2.05) is 7.05 Å². The van der Waals surface area contributed by atoms with Crippen molar-refractivity contribution >= 4 is 5.91 Å². The molecule has 2 fully saturated rings. The first-order valence-corrected chi connectivity index (χ1v) is 6.35. The molecule has 0 spiro atoms. The molecule has 1 saturated heterocycles. The van der Waals surface area contributed by atoms with E-state index in [0.717, 1.165) is 19.5 Å². The highest BCUT2D eigenvalue weighted by Gasteiger charge is 2.35. The zero-order chi connectivity index (χ0) is 11.5. The van der Waals surface area contributed by atoms with Crippen LogP contribution in [0.15, 0.2) is 0 Å². The lowest BCUT2D eigenvalue weighted by Gasteiger charge is -2.33. The molecule has 0 bridgehead atoms. The SMILES string of the molecule is CN1CCCN(C2CCCC2)C(CO)C1=O. The standard InChI is InChI=1S/C12H22N2O2/c1-13-7-4-8-14(10-5-2-3-6-10)11(9-15)12(13)16/h10-11,15H,2-9H2,1H3. The Hall–Kier alpha value is -0.610. The van der Waals surface area contributed by atoms with E-state index in [1.165, 1.54) is 25.7 Å². The first kappa shape index (κ1) is 11.9. The molecule has 4 nitrogen and oxygen atoms in total. The van der Waals surface area contributed by atoms with Gasteiger partial charge in [0, 0.05) is 26.2 Å². The maximum absolute atomic E-state index is 12.1. The molecule has 1 N–H and O–H groups in total. The Morgan fingerprint density at radius 3 is 2.56 bits per heavy atom. The van der Waals surface area contributed by atoms with Gasteiger partial charge in [0.15, 0.2) is 0 Å². The summed E-state index contributed by atoms with van der Waals surface area (Å²) in [5, 5.41) is 9.45. The smallest absolute Gasteiger partial charge is 0.242 e. The number of carbonyl (C=O) groups excluding carboxylic acids is 1. The van der Waals surface area contributed by atoms with Crippen molar-refractivity contribution in [3.8, 4) is 0 Å². The van der Waals surface area contributed by atoms with Crippen LogP contribution in [-0.2, 0) is 4.79 Å². The minimum Gasteiger partial charge on any atom is -0.394 e. The Bertz CT molecular complexity index is 251. The fraction of sp³-hybridized carbons (Fsp3) is 0.917. The van der Waals surface area contributed by atoms with Crippen molar-refractivity contribution in [2.75, 3.05) is 26.7 Å². The molecule has 1 aliphatic carbocycles. The monoisotopic (exact) mass is 226 g/mol. The van der Waals surface area contributed by atoms with Crippen LogP contribution in [0.25, 0.3) is 0 Å². The van der Waals surface area contributed by atoms with Gasteiger partial charge < -0.3 is 10.0 Å². The Balaban J connectivity index is 2.11. The lowest BCUT2D eigenvalue weighted by Crippen LogP contribution is -2.50. The van der Waals surface area contributed by atoms with Crippen LogP contribution in [0.3, 0.4) is 0 Å². The molecular weight excluding hydrogens is 204 g/mol. The second-order valence-electron chi connectivity index (χ2n) is 4.99. The van der Waals surface area contributed by atoms with Crippen molar-refractivity contribution in [3.63, 3.8) is 0 Å². The van der Waals surface area contributed by atoms with Gasteiger partial charge in [0.1, 0.15) is 6.04 Å². The molecule has 2 aliphatic rings. The molecule has 2 rings (SSSR count). The van der Waals surface area contributed by atoms with E-state index in [4.69, 9.17) is 0 Å². The second-order valence-corrected chi connectivity index (χ2v) is 4.99. The van der Waals surface area contributed by atoms with Gasteiger partial charge in [0.25, 0.3) is 0 Å². The molecule has 0 aromatic heterocycles. The normalized spacial score (nSPS) is 29.8. The molecule has 92 valence electrons. The number of carbonyl (C=O) groups is 1. The molecule has 1 saturated carbocycles. The number of hydrogen-bond acceptors (Lipinski definition) is 3. The van der Waals surface area contributed by atoms with Crippen LogP contribution in [-0.4, -0.2) is 59.6 Å². The van der Waals surface area contributed by atoms with E-state index in [0.29, 0.717) is 6.04 Å². The summed E-state index contributed by atoms with van der Waals surface area (Å²) in [4.78, 5) is 16.1. The Kier molecular flexibility index (Phi) is 3.82. The lowest BCUT2D eigenvalue weighted by atomic mass is 10.1. The summed E-state index contributed by atoms with van der Waals surface area (Å²) < 4.78 is 0. The second kappa shape index (κ2) is 5.15. The predicted octanol–water partition coefficient (Wildman–Crippen LogP) is 0.454. The first-order valence-electron chi connectivity index (χ1n) is 6.35. The molecule has 1 heterocycles. The van der Waals surface area contributed by atoms with E-state index in [9.17, 15) is 9.90 Å². The van der Waals surface area contributed by atoms with Crippen LogP contribution < -0.4 is 0 Å². The third kappa shape index (κ3) is 2.23. The number of likely N-dealkylation sites (N-methyl/N-ethyl adjacent to an activating group) is 1. The molecule has 1 aliphatic heterocycles. The van der Waals surface area contributed by atoms with Crippen LogP contribution >= 0.6 is 0 Å². The summed E-state index contributed by atoms with van der Waals surface area (Å²) in [5.74, 6) is 0.0897. The molecule has 0 aromatic rings. The van der Waals surface area contributed by atoms with Crippen LogP contribution in [0.2, 0.25) is 0 Å². The van der Waals surface area contributed by atoms with Gasteiger partial charge in [0.05, 0.1) is 6.61 Å². The van der Waals surface area contributed by atoms with E-state index < -0.39 is 0 Å². The maximum Gasteiger partial charge on any atom is 0.242 e. The molecule has 1 unspecified atom stereocenters. The largest absolute Gasteiger partial charge is 0.394 e. The minimum atomic E-state index is -0.296. The lowest BCUT2D eigenvalue weighted by molar-refractivity contribution is -0.136. The highest BCUT2D eigenvalue weighted by atomic mass is 16.3. The highest BCUT2D eigenvalue weighted by Crippen LogP contribution is 2.26. The molecule has 0 aromatic carbocycles. The summed E-state index contributed by atoms with van der Waals surface area (Å²) in [5.41, 5.74) is 0. The van der Waals surface area contributed by atoms with Crippen molar-refractivity contribution in [1.29, 1.82) is 0 Å². The number of aliphatic hydroxyl groups is 1. The zero-order valence-corrected chi connectivity index (χ0v) is 10.1. The van der Waals surface area contributed by atoms with E-state index in [-0.39, 0.29) is 18.6 Å². The van der Waals surface area contributed by atoms with Crippen LogP contribution in [0.5, 0.6) is 0 Å². The van der Waals surface area contributed by atoms with E-state index in [2.05, 4.69) is 4.90 Å². The van der Waals surface area contributed by atoms with Crippen LogP contribution in [0.1, 0.15) is 32.1 Å². The third-order valence-electron chi connectivity index (χ3n) is 3.94. The van der Waals surface area contributed by atoms with Crippen molar-refractivity contribution < 1.29 is 9.90 Å². The van der Waals surface area contributed by atoms with Crippen molar-refractivity contribution in [1.82, 2.24) is 9.80 Å². The molecule has 0 radical (unpaired) electrons. The number of aliphatic hydroxyl groups excluding tert-OH is 1. The topological polar surface area (TPSA) is 43.8 Å². The predicted molar refractivity (Wildman–Crippen MR) is 62.1 cm³/mol. The average molecular weight is 226 g/mol. The molecule has 1 atom stereocenters. The summed E-state index contributed by atoms with van der Waals surface area (Å²) in [6, 6.07) is 0.225. The van der Waals surface area contributed by atoms with Gasteiger partial charge in [-0.25, -0.2) is 0 Å². The molecular formula is C12H22N2O2. The van der Waals surface area contributed by atoms with Gasteiger partial charge in [-0.2, -0.15) is 0 Å². The summed E-state index contributed by atoms with van der Waals surface area (Å²) in [6.07, 6.45) is 5.93. The number of rotatable bonds is 2. The Labute approximate surface area is 97.2 Å². The number of amides is 1. The van der Waals surface area contributed by atoms with Gasteiger partial charge in [-0.05, 0) is 19.3 Å². The van der Waals surface area contributed by atoms with Gasteiger partial charge in [-0.1, -0.05) is 12.8 Å². The van der Waals surface area contributed by atoms with Gasteiger partial charge in [-0.3, -0.25) is 9.69 Å². The first-order chi connectivity index (χ1) is 7.74. The summed E-state index contributed by atoms with van der Waals surface area (Å²) >= 11 is 0. The number of nitrogens with zero attached hydrogens (tertiary/aromatic N) is 2. The summed E-state index contributed by atoms with van der Waals surface area (Å²) in [7, 11) is 1.84. The van der Waals surface area contributed by atoms with Gasteiger partial charge >= 0.3 is 0 Å². The Morgan fingerprint density at radius 1 is 1.25 bits per heavy atom. The molecule has 4 heteroatoms. The molecule has 16 heavy (non-hydrogen) atoms.